The highest BCUT2D eigenvalue weighted by molar-refractivity contribution is 8.13. The number of fused-ring (bicyclic) bond motifs is 1. The molecule has 1 aromatic rings. The Morgan fingerprint density at radius 2 is 2.00 bits per heavy atom. The molecule has 2 aliphatic heterocycles. The number of hydrogen-bond acceptors (Lipinski definition) is 4. The largest absolute Gasteiger partial charge is 0.357 e. The Balaban J connectivity index is 2.00. The Hall–Kier alpha value is -2.15. The third-order valence-corrected chi connectivity index (χ3v) is 4.80. The molecule has 0 aliphatic carbocycles. The highest BCUT2D eigenvalue weighted by atomic mass is 32.2. The summed E-state index contributed by atoms with van der Waals surface area (Å²) in [5.74, 6) is 0.277. The molecule has 23 heavy (non-hydrogen) atoms. The van der Waals surface area contributed by atoms with E-state index in [-0.39, 0.29) is 11.9 Å². The fraction of sp³-hybridized carbons (Fsp3) is 0.375. The second kappa shape index (κ2) is 5.81. The molecule has 0 radical (unpaired) electrons. The minimum Gasteiger partial charge on any atom is -0.269 e. The van der Waals surface area contributed by atoms with E-state index in [0.29, 0.717) is 12.4 Å². The van der Waals surface area contributed by atoms with Gasteiger partial charge in [-0.3, -0.25) is 14.6 Å². The van der Waals surface area contributed by atoms with Crippen LogP contribution < -0.4 is 0 Å². The first-order valence-electron chi connectivity index (χ1n) is 7.31. The molecule has 0 bridgehead atoms. The van der Waals surface area contributed by atoms with Crippen LogP contribution in [0.1, 0.15) is 11.1 Å². The summed E-state index contributed by atoms with van der Waals surface area (Å²) in [4.78, 5) is 31.9. The third kappa shape index (κ3) is 2.55. The number of amidine groups is 2. The molecule has 0 N–H and O–H groups in total. The van der Waals surface area contributed by atoms with Crippen LogP contribution in [0.15, 0.2) is 29.3 Å². The van der Waals surface area contributed by atoms with Crippen molar-refractivity contribution in [1.29, 1.82) is 0 Å². The number of amides is 3. The molecule has 0 spiro atoms. The molecule has 1 unspecified atom stereocenters. The van der Waals surface area contributed by atoms with Crippen LogP contribution in [0.3, 0.4) is 0 Å². The number of rotatable bonds is 2. The van der Waals surface area contributed by atoms with E-state index in [0.717, 1.165) is 15.6 Å². The lowest BCUT2D eigenvalue weighted by atomic mass is 10.1. The Morgan fingerprint density at radius 1 is 1.26 bits per heavy atom. The average molecular weight is 331 g/mol. The van der Waals surface area contributed by atoms with Gasteiger partial charge in [0.2, 0.25) is 0 Å². The first-order chi connectivity index (χ1) is 10.9. The molecule has 6 nitrogen and oxygen atoms in total. The molecule has 3 rings (SSSR count). The number of likely N-dealkylation sites (N-methyl/N-ethyl adjacent to an activating group) is 2. The fourth-order valence-electron chi connectivity index (χ4n) is 2.91. The van der Waals surface area contributed by atoms with Crippen LogP contribution >= 0.6 is 11.8 Å². The van der Waals surface area contributed by atoms with Gasteiger partial charge < -0.3 is 0 Å². The highest BCUT2D eigenvalue weighted by Crippen LogP contribution is 2.23. The maximum atomic E-state index is 12.6. The van der Waals surface area contributed by atoms with Gasteiger partial charge in [-0.05, 0) is 35.5 Å². The lowest BCUT2D eigenvalue weighted by Crippen LogP contribution is -2.61. The molecule has 2 aliphatic rings. The van der Waals surface area contributed by atoms with Gasteiger partial charge in [-0.1, -0.05) is 29.8 Å². The van der Waals surface area contributed by atoms with Crippen molar-refractivity contribution in [1.82, 2.24) is 9.80 Å². The van der Waals surface area contributed by atoms with Crippen LogP contribution in [0.2, 0.25) is 0 Å². The van der Waals surface area contributed by atoms with Crippen molar-refractivity contribution < 1.29 is 14.2 Å². The molecule has 1 saturated heterocycles. The maximum absolute atomic E-state index is 12.6. The van der Waals surface area contributed by atoms with Crippen LogP contribution in [-0.2, 0) is 11.3 Å². The summed E-state index contributed by atoms with van der Waals surface area (Å²) in [7, 11) is 3.17. The highest BCUT2D eigenvalue weighted by Gasteiger charge is 2.52. The van der Waals surface area contributed by atoms with Crippen molar-refractivity contribution in [2.75, 3.05) is 20.4 Å². The van der Waals surface area contributed by atoms with Gasteiger partial charge in [0, 0.05) is 14.1 Å². The zero-order valence-corrected chi connectivity index (χ0v) is 14.4. The number of thioether (sulfide) groups is 1. The van der Waals surface area contributed by atoms with Crippen molar-refractivity contribution in [3.63, 3.8) is 0 Å². The zero-order valence-electron chi connectivity index (χ0n) is 13.6. The molecule has 0 aromatic heterocycles. The molecule has 2 heterocycles. The van der Waals surface area contributed by atoms with Crippen LogP contribution in [0.5, 0.6) is 0 Å². The zero-order chi connectivity index (χ0) is 16.7. The van der Waals surface area contributed by atoms with E-state index in [9.17, 15) is 9.59 Å². The van der Waals surface area contributed by atoms with Crippen molar-refractivity contribution in [3.05, 3.63) is 35.4 Å². The standard InChI is InChI=1S/C16H19N4O2S/c1-10-6-5-7-11(8-10)9-20-12-13(17-15(20)23-4)18(2)16(22)19(3)14(12)21/h5-8,12H,9H2,1-4H3/q+1. The van der Waals surface area contributed by atoms with Crippen molar-refractivity contribution in [3.8, 4) is 0 Å². The van der Waals surface area contributed by atoms with E-state index in [1.165, 1.54) is 29.3 Å². The number of aliphatic imine (C=N–C) groups is 1. The molecule has 1 fully saturated rings. The molecular formula is C16H19N4O2S+. The SMILES string of the molecule is CSC1=[N+](Cc2cccc(C)c2)C2C(=O)N(C)C(=O)N(C)C2=N1. The number of carbonyl (C=O) groups excluding carboxylic acids is 2. The van der Waals surface area contributed by atoms with E-state index >= 15 is 0 Å². The van der Waals surface area contributed by atoms with E-state index in [1.807, 2.05) is 36.0 Å². The number of carbonyl (C=O) groups is 2. The smallest absolute Gasteiger partial charge is 0.269 e. The van der Waals surface area contributed by atoms with Crippen molar-refractivity contribution >= 4 is 34.7 Å². The lowest BCUT2D eigenvalue weighted by molar-refractivity contribution is -0.548. The van der Waals surface area contributed by atoms with Gasteiger partial charge in [0.1, 0.15) is 6.54 Å². The summed E-state index contributed by atoms with van der Waals surface area (Å²) >= 11 is 1.48. The Morgan fingerprint density at radius 3 is 2.65 bits per heavy atom. The molecule has 120 valence electrons. The number of benzene rings is 1. The van der Waals surface area contributed by atoms with Crippen molar-refractivity contribution in [2.45, 2.75) is 19.5 Å². The molecule has 1 atom stereocenters. The van der Waals surface area contributed by atoms with E-state index in [4.69, 9.17) is 0 Å². The molecule has 7 heteroatoms. The fourth-order valence-corrected chi connectivity index (χ4v) is 3.49. The van der Waals surface area contributed by atoms with Gasteiger partial charge in [0.05, 0.1) is 0 Å². The van der Waals surface area contributed by atoms with Gasteiger partial charge in [0.25, 0.3) is 17.8 Å². The molecule has 3 amide bonds. The number of urea groups is 1. The maximum Gasteiger partial charge on any atom is 0.357 e. The van der Waals surface area contributed by atoms with Gasteiger partial charge in [-0.2, -0.15) is 0 Å². The number of aryl methyl sites for hydroxylation is 1. The van der Waals surface area contributed by atoms with Gasteiger partial charge in [-0.25, -0.2) is 9.37 Å². The first-order valence-corrected chi connectivity index (χ1v) is 8.53. The summed E-state index contributed by atoms with van der Waals surface area (Å²) in [6.45, 7) is 2.62. The van der Waals surface area contributed by atoms with Crippen LogP contribution in [-0.4, -0.2) is 63.7 Å². The summed E-state index contributed by atoms with van der Waals surface area (Å²) in [6.07, 6.45) is 1.93. The molecule has 1 aromatic carbocycles. The Labute approximate surface area is 139 Å². The summed E-state index contributed by atoms with van der Waals surface area (Å²) in [6, 6.07) is 7.30. The normalized spacial score (nSPS) is 21.0. The van der Waals surface area contributed by atoms with Gasteiger partial charge in [0.15, 0.2) is 0 Å². The second-order valence-electron chi connectivity index (χ2n) is 5.72. The summed E-state index contributed by atoms with van der Waals surface area (Å²) in [5.41, 5.74) is 2.29. The van der Waals surface area contributed by atoms with Gasteiger partial charge >= 0.3 is 11.2 Å². The van der Waals surface area contributed by atoms with Gasteiger partial charge in [-0.15, -0.1) is 0 Å². The Bertz CT molecular complexity index is 756. The van der Waals surface area contributed by atoms with E-state index < -0.39 is 6.04 Å². The predicted octanol–water partition coefficient (Wildman–Crippen LogP) is 1.53. The monoisotopic (exact) mass is 331 g/mol. The quantitative estimate of drug-likeness (QED) is 0.772. The predicted molar refractivity (Wildman–Crippen MR) is 90.8 cm³/mol. The number of imide groups is 1. The topological polar surface area (TPSA) is 56.0 Å². The van der Waals surface area contributed by atoms with Crippen molar-refractivity contribution in [2.24, 2.45) is 4.99 Å². The van der Waals surface area contributed by atoms with Crippen LogP contribution in [0.25, 0.3) is 0 Å². The molecule has 0 saturated carbocycles. The Kier molecular flexibility index (Phi) is 3.97. The van der Waals surface area contributed by atoms with Crippen LogP contribution in [0, 0.1) is 6.92 Å². The summed E-state index contributed by atoms with van der Waals surface area (Å²) in [5, 5.41) is 0.759. The minimum absolute atomic E-state index is 0.233. The number of hydrogen-bond donors (Lipinski definition) is 0. The first kappa shape index (κ1) is 15.7. The third-order valence-electron chi connectivity index (χ3n) is 4.11. The second-order valence-corrected chi connectivity index (χ2v) is 6.49. The summed E-state index contributed by atoms with van der Waals surface area (Å²) < 4.78 is 1.97. The van der Waals surface area contributed by atoms with E-state index in [1.54, 1.807) is 7.05 Å². The minimum atomic E-state index is -0.536. The van der Waals surface area contributed by atoms with E-state index in [2.05, 4.69) is 11.1 Å². The average Bonchev–Trinajstić information content (AvgIpc) is 2.89. The lowest BCUT2D eigenvalue weighted by Gasteiger charge is -2.30. The van der Waals surface area contributed by atoms with Crippen LogP contribution in [0.4, 0.5) is 4.79 Å². The number of nitrogens with zero attached hydrogens (tertiary/aromatic N) is 4. The molecular weight excluding hydrogens is 312 g/mol.